The molecule has 2 rings (SSSR count). The summed E-state index contributed by atoms with van der Waals surface area (Å²) in [6.07, 6.45) is 4.65. The first-order valence-corrected chi connectivity index (χ1v) is 6.46. The molecule has 0 atom stereocenters. The van der Waals surface area contributed by atoms with Gasteiger partial charge in [-0.3, -0.25) is 4.79 Å². The van der Waals surface area contributed by atoms with E-state index in [9.17, 15) is 19.6 Å². The van der Waals surface area contributed by atoms with Crippen LogP contribution in [-0.4, -0.2) is 26.5 Å². The summed E-state index contributed by atoms with van der Waals surface area (Å²) in [4.78, 5) is 36.5. The lowest BCUT2D eigenvalue weighted by Crippen LogP contribution is -2.49. The minimum absolute atomic E-state index is 0.0996. The number of nitrogens with zero attached hydrogens (tertiary/aromatic N) is 3. The number of carbonyl (C=O) groups is 2. The van der Waals surface area contributed by atoms with Gasteiger partial charge in [-0.2, -0.15) is 0 Å². The van der Waals surface area contributed by atoms with Crippen LogP contribution in [0, 0.1) is 0 Å². The lowest BCUT2D eigenvalue weighted by atomic mass is 9.87. The lowest BCUT2D eigenvalue weighted by Gasteiger charge is -2.16. The van der Waals surface area contributed by atoms with Crippen molar-refractivity contribution in [3.63, 3.8) is 0 Å². The third-order valence-electron chi connectivity index (χ3n) is 3.57. The van der Waals surface area contributed by atoms with Crippen LogP contribution >= 0.6 is 0 Å². The summed E-state index contributed by atoms with van der Waals surface area (Å²) in [5.74, 6) is -1.28. The molecular formula is C12H18N3O4+. The highest BCUT2D eigenvalue weighted by molar-refractivity contribution is 5.80. The van der Waals surface area contributed by atoms with E-state index in [-0.39, 0.29) is 11.6 Å². The fraction of sp³-hybridized carbons (Fsp3) is 0.667. The van der Waals surface area contributed by atoms with Gasteiger partial charge in [-0.05, 0) is 17.5 Å². The highest BCUT2D eigenvalue weighted by atomic mass is 16.5. The summed E-state index contributed by atoms with van der Waals surface area (Å²) in [5.41, 5.74) is -0.470. The summed E-state index contributed by atoms with van der Waals surface area (Å²) in [5, 5.41) is 10.0. The van der Waals surface area contributed by atoms with Crippen molar-refractivity contribution >= 4 is 11.8 Å². The van der Waals surface area contributed by atoms with Gasteiger partial charge in [-0.25, -0.2) is 9.59 Å². The molecule has 0 aliphatic heterocycles. The van der Waals surface area contributed by atoms with Gasteiger partial charge in [0, 0.05) is 29.4 Å². The van der Waals surface area contributed by atoms with E-state index in [0.29, 0.717) is 14.3 Å². The van der Waals surface area contributed by atoms with Gasteiger partial charge >= 0.3 is 17.4 Å². The van der Waals surface area contributed by atoms with Gasteiger partial charge in [0.05, 0.1) is 0 Å². The fourth-order valence-electron chi connectivity index (χ4n) is 2.73. The minimum Gasteiger partial charge on any atom is -0.331 e. The molecule has 1 heterocycles. The van der Waals surface area contributed by atoms with Crippen molar-refractivity contribution in [2.24, 2.45) is 0 Å². The van der Waals surface area contributed by atoms with Crippen LogP contribution in [0.4, 0.5) is 0 Å². The first-order valence-electron chi connectivity index (χ1n) is 6.46. The van der Waals surface area contributed by atoms with E-state index in [2.05, 4.69) is 0 Å². The molecule has 104 valence electrons. The zero-order valence-corrected chi connectivity index (χ0v) is 11.1. The third-order valence-corrected chi connectivity index (χ3v) is 3.57. The average Bonchev–Trinajstić information content (AvgIpc) is 2.62. The normalized spacial score (nSPS) is 16.5. The molecule has 1 fully saturated rings. The van der Waals surface area contributed by atoms with Gasteiger partial charge < -0.3 is 5.21 Å². The molecule has 1 aliphatic rings. The Morgan fingerprint density at radius 2 is 1.74 bits per heavy atom. The van der Waals surface area contributed by atoms with E-state index in [4.69, 9.17) is 0 Å². The standard InChI is InChI=1S/C12H18N3O4/c1-8(16)13-12(18)11(10-6-4-3-5-7-10)15(19)14(13)9(2)17/h10,19H,3-7H2,1-2H3/q+1. The molecule has 7 nitrogen and oxygen atoms in total. The molecule has 7 heteroatoms. The Bertz CT molecular complexity index is 579. The van der Waals surface area contributed by atoms with Crippen molar-refractivity contribution < 1.29 is 19.6 Å². The molecule has 0 aromatic carbocycles. The third kappa shape index (κ3) is 2.20. The SMILES string of the molecule is CC(=O)n1c(=O)c(C2CCCCC2)[n+](O)n1C(C)=O. The molecule has 1 aromatic heterocycles. The fourth-order valence-corrected chi connectivity index (χ4v) is 2.73. The molecule has 1 N–H and O–H groups in total. The Hall–Kier alpha value is -1.92. The van der Waals surface area contributed by atoms with Crippen LogP contribution < -0.4 is 10.4 Å². The predicted molar refractivity (Wildman–Crippen MR) is 64.5 cm³/mol. The van der Waals surface area contributed by atoms with E-state index in [1.807, 2.05) is 0 Å². The van der Waals surface area contributed by atoms with Gasteiger partial charge in [0.1, 0.15) is 0 Å². The van der Waals surface area contributed by atoms with Crippen molar-refractivity contribution in [3.8, 4) is 0 Å². The molecule has 0 bridgehead atoms. The number of hydrogen-bond acceptors (Lipinski definition) is 4. The van der Waals surface area contributed by atoms with Gasteiger partial charge in [0.15, 0.2) is 0 Å². The maximum atomic E-state index is 12.2. The predicted octanol–water partition coefficient (Wildman–Crippen LogP) is 0.542. The van der Waals surface area contributed by atoms with Crippen LogP contribution in [0.5, 0.6) is 0 Å². The molecule has 1 aromatic rings. The number of aromatic nitrogens is 3. The Morgan fingerprint density at radius 1 is 1.16 bits per heavy atom. The topological polar surface area (TPSA) is 85.2 Å². The van der Waals surface area contributed by atoms with Gasteiger partial charge in [-0.15, -0.1) is 0 Å². The largest absolute Gasteiger partial charge is 0.409 e. The smallest absolute Gasteiger partial charge is 0.331 e. The second kappa shape index (κ2) is 4.99. The Labute approximate surface area is 110 Å². The molecule has 0 spiro atoms. The molecule has 1 aliphatic carbocycles. The summed E-state index contributed by atoms with van der Waals surface area (Å²) < 4.78 is 0.687. The van der Waals surface area contributed by atoms with Crippen LogP contribution in [0.1, 0.15) is 67.2 Å². The first kappa shape index (κ1) is 13.5. The highest BCUT2D eigenvalue weighted by Crippen LogP contribution is 2.29. The molecule has 1 saturated carbocycles. The van der Waals surface area contributed by atoms with Crippen LogP contribution in [0.15, 0.2) is 4.79 Å². The first-order chi connectivity index (χ1) is 8.95. The molecule has 0 saturated heterocycles. The van der Waals surface area contributed by atoms with E-state index in [1.54, 1.807) is 0 Å². The van der Waals surface area contributed by atoms with E-state index < -0.39 is 17.4 Å². The van der Waals surface area contributed by atoms with Crippen molar-refractivity contribution in [3.05, 3.63) is 16.0 Å². The second-order valence-corrected chi connectivity index (χ2v) is 4.95. The summed E-state index contributed by atoms with van der Waals surface area (Å²) in [6, 6.07) is 0. The molecule has 0 radical (unpaired) electrons. The molecule has 0 amide bonds. The van der Waals surface area contributed by atoms with Gasteiger partial charge in [0.2, 0.25) is 0 Å². The lowest BCUT2D eigenvalue weighted by molar-refractivity contribution is -0.965. The summed E-state index contributed by atoms with van der Waals surface area (Å²) in [7, 11) is 0. The van der Waals surface area contributed by atoms with Gasteiger partial charge in [0.25, 0.3) is 5.69 Å². The van der Waals surface area contributed by atoms with E-state index >= 15 is 0 Å². The van der Waals surface area contributed by atoms with Crippen molar-refractivity contribution in [1.29, 1.82) is 0 Å². The van der Waals surface area contributed by atoms with Gasteiger partial charge in [-0.1, -0.05) is 19.3 Å². The van der Waals surface area contributed by atoms with Crippen LogP contribution in [0.3, 0.4) is 0 Å². The van der Waals surface area contributed by atoms with Crippen molar-refractivity contribution in [2.75, 3.05) is 0 Å². The maximum absolute atomic E-state index is 12.2. The minimum atomic E-state index is -0.600. The van der Waals surface area contributed by atoms with Crippen molar-refractivity contribution in [2.45, 2.75) is 51.9 Å². The number of rotatable bonds is 1. The quantitative estimate of drug-likeness (QED) is 0.595. The number of carbonyl (C=O) groups excluding carboxylic acids is 2. The molecule has 19 heavy (non-hydrogen) atoms. The Morgan fingerprint density at radius 3 is 2.16 bits per heavy atom. The van der Waals surface area contributed by atoms with Crippen molar-refractivity contribution in [1.82, 2.24) is 9.48 Å². The van der Waals surface area contributed by atoms with E-state index in [1.165, 1.54) is 13.8 Å². The molecule has 0 unspecified atom stereocenters. The zero-order chi connectivity index (χ0) is 14.2. The van der Waals surface area contributed by atoms with Crippen LogP contribution in [0.25, 0.3) is 0 Å². The van der Waals surface area contributed by atoms with Crippen LogP contribution in [-0.2, 0) is 0 Å². The summed E-state index contributed by atoms with van der Waals surface area (Å²) in [6.45, 7) is 2.38. The Balaban J connectivity index is 2.62. The monoisotopic (exact) mass is 268 g/mol. The number of hydrogen-bond donors (Lipinski definition) is 1. The Kier molecular flexibility index (Phi) is 3.55. The second-order valence-electron chi connectivity index (χ2n) is 4.95. The van der Waals surface area contributed by atoms with E-state index in [0.717, 1.165) is 32.1 Å². The van der Waals surface area contributed by atoms with Crippen LogP contribution in [0.2, 0.25) is 0 Å². The average molecular weight is 268 g/mol. The zero-order valence-electron chi connectivity index (χ0n) is 11.1. The maximum Gasteiger partial charge on any atom is 0.409 e. The highest BCUT2D eigenvalue weighted by Gasteiger charge is 2.37. The summed E-state index contributed by atoms with van der Waals surface area (Å²) >= 11 is 0. The molecular weight excluding hydrogens is 250 g/mol.